The zero-order valence-corrected chi connectivity index (χ0v) is 10.6. The van der Waals surface area contributed by atoms with Gasteiger partial charge in [0.15, 0.2) is 0 Å². The highest BCUT2D eigenvalue weighted by molar-refractivity contribution is 9.10. The van der Waals surface area contributed by atoms with Crippen LogP contribution in [-0.2, 0) is 15.7 Å². The molecule has 3 nitrogen and oxygen atoms in total. The first-order chi connectivity index (χ1) is 8.38. The summed E-state index contributed by atoms with van der Waals surface area (Å²) < 4.78 is 44.2. The Morgan fingerprint density at radius 3 is 2.67 bits per heavy atom. The van der Waals surface area contributed by atoms with Crippen molar-refractivity contribution in [1.82, 2.24) is 5.32 Å². The maximum absolute atomic E-state index is 12.9. The molecule has 0 spiro atoms. The van der Waals surface area contributed by atoms with Crippen molar-refractivity contribution in [2.45, 2.75) is 12.3 Å². The maximum atomic E-state index is 12.9. The smallest absolute Gasteiger partial charge is 0.362 e. The Kier molecular flexibility index (Phi) is 3.63. The molecule has 1 aliphatic rings. The lowest BCUT2D eigenvalue weighted by atomic mass is 10.0. The van der Waals surface area contributed by atoms with Crippen molar-refractivity contribution in [2.75, 3.05) is 13.2 Å². The lowest BCUT2D eigenvalue weighted by Crippen LogP contribution is -2.39. The number of hydrogen-bond donors (Lipinski definition) is 1. The van der Waals surface area contributed by atoms with Crippen molar-refractivity contribution < 1.29 is 22.7 Å². The molecular weight excluding hydrogens is 315 g/mol. The van der Waals surface area contributed by atoms with E-state index in [4.69, 9.17) is 4.74 Å². The van der Waals surface area contributed by atoms with Gasteiger partial charge in [-0.2, -0.15) is 13.2 Å². The first kappa shape index (κ1) is 13.4. The zero-order valence-electron chi connectivity index (χ0n) is 9.05. The maximum Gasteiger partial charge on any atom is 0.416 e. The molecule has 2 rings (SSSR count). The summed E-state index contributed by atoms with van der Waals surface area (Å²) in [6.07, 6.45) is -5.23. The third-order valence-corrected chi connectivity index (χ3v) is 3.06. The normalized spacial score (nSPS) is 20.7. The molecule has 1 aromatic carbocycles. The van der Waals surface area contributed by atoms with E-state index in [0.717, 1.165) is 6.07 Å². The Hall–Kier alpha value is -1.08. The molecule has 0 bridgehead atoms. The number of carbonyl (C=O) groups excluding carboxylic acids is 1. The first-order valence-corrected chi connectivity index (χ1v) is 5.92. The van der Waals surface area contributed by atoms with E-state index in [1.54, 1.807) is 0 Å². The van der Waals surface area contributed by atoms with Crippen LogP contribution in [0.15, 0.2) is 22.7 Å². The lowest BCUT2D eigenvalue weighted by molar-refractivity contribution is -0.141. The molecule has 1 aromatic rings. The first-order valence-electron chi connectivity index (χ1n) is 5.13. The van der Waals surface area contributed by atoms with E-state index in [9.17, 15) is 18.0 Å². The van der Waals surface area contributed by atoms with E-state index in [-0.39, 0.29) is 24.6 Å². The van der Waals surface area contributed by atoms with Crippen LogP contribution in [0.4, 0.5) is 13.2 Å². The third kappa shape index (κ3) is 2.84. The van der Waals surface area contributed by atoms with Gasteiger partial charge < -0.3 is 10.1 Å². The van der Waals surface area contributed by atoms with E-state index in [1.165, 1.54) is 12.1 Å². The molecule has 1 amide bonds. The van der Waals surface area contributed by atoms with Crippen LogP contribution in [0.2, 0.25) is 0 Å². The fourth-order valence-electron chi connectivity index (χ4n) is 1.75. The molecule has 1 heterocycles. The molecule has 1 N–H and O–H groups in total. The number of nitrogens with one attached hydrogen (secondary N) is 1. The van der Waals surface area contributed by atoms with Gasteiger partial charge in [-0.1, -0.05) is 22.0 Å². The third-order valence-electron chi connectivity index (χ3n) is 2.57. The van der Waals surface area contributed by atoms with Gasteiger partial charge in [-0.15, -0.1) is 0 Å². The van der Waals surface area contributed by atoms with Gasteiger partial charge in [-0.05, 0) is 17.7 Å². The number of benzene rings is 1. The summed E-state index contributed by atoms with van der Waals surface area (Å²) in [6.45, 7) is -0.179. The van der Waals surface area contributed by atoms with Gasteiger partial charge in [0.1, 0.15) is 12.7 Å². The molecule has 0 aliphatic carbocycles. The zero-order chi connectivity index (χ0) is 13.3. The Morgan fingerprint density at radius 1 is 1.39 bits per heavy atom. The van der Waals surface area contributed by atoms with E-state index in [0.29, 0.717) is 4.47 Å². The number of morpholine rings is 1. The average Bonchev–Trinajstić information content (AvgIpc) is 2.29. The van der Waals surface area contributed by atoms with Gasteiger partial charge in [-0.25, -0.2) is 0 Å². The van der Waals surface area contributed by atoms with Gasteiger partial charge in [-0.3, -0.25) is 4.79 Å². The number of hydrogen-bond acceptors (Lipinski definition) is 2. The van der Waals surface area contributed by atoms with Crippen molar-refractivity contribution in [3.63, 3.8) is 0 Å². The number of ether oxygens (including phenoxy) is 1. The van der Waals surface area contributed by atoms with Crippen LogP contribution < -0.4 is 5.32 Å². The number of halogens is 4. The van der Waals surface area contributed by atoms with Crippen LogP contribution in [-0.4, -0.2) is 19.1 Å². The van der Waals surface area contributed by atoms with Crippen molar-refractivity contribution in [2.24, 2.45) is 0 Å². The molecule has 18 heavy (non-hydrogen) atoms. The molecule has 0 radical (unpaired) electrons. The van der Waals surface area contributed by atoms with Crippen molar-refractivity contribution in [1.29, 1.82) is 0 Å². The molecule has 98 valence electrons. The summed E-state index contributed by atoms with van der Waals surface area (Å²) in [5.74, 6) is -0.322. The monoisotopic (exact) mass is 323 g/mol. The molecule has 1 aliphatic heterocycles. The summed E-state index contributed by atoms with van der Waals surface area (Å²) in [6, 6.07) is 3.88. The van der Waals surface area contributed by atoms with Crippen molar-refractivity contribution in [3.8, 4) is 0 Å². The van der Waals surface area contributed by atoms with Crippen LogP contribution in [0.5, 0.6) is 0 Å². The Labute approximate surface area is 109 Å². The largest absolute Gasteiger partial charge is 0.416 e. The summed E-state index contributed by atoms with van der Waals surface area (Å²) in [5.41, 5.74) is -0.719. The van der Waals surface area contributed by atoms with Crippen LogP contribution in [0.1, 0.15) is 17.2 Å². The van der Waals surface area contributed by atoms with E-state index >= 15 is 0 Å². The minimum absolute atomic E-state index is 0.0331. The van der Waals surface area contributed by atoms with Gasteiger partial charge in [0.25, 0.3) is 0 Å². The highest BCUT2D eigenvalue weighted by Crippen LogP contribution is 2.37. The predicted octanol–water partition coefficient (Wildman–Crippen LogP) is 2.66. The standard InChI is InChI=1S/C11H9BrF3NO2/c12-6-1-2-7(8(3-6)11(13,14)15)9-4-16-10(17)5-18-9/h1-3,9H,4-5H2,(H,16,17)/t9-/m0/s1. The average molecular weight is 324 g/mol. The van der Waals surface area contributed by atoms with Crippen molar-refractivity contribution >= 4 is 21.8 Å². The van der Waals surface area contributed by atoms with Crippen LogP contribution >= 0.6 is 15.9 Å². The fourth-order valence-corrected chi connectivity index (χ4v) is 2.11. The topological polar surface area (TPSA) is 38.3 Å². The second-order valence-electron chi connectivity index (χ2n) is 3.83. The van der Waals surface area contributed by atoms with E-state index in [2.05, 4.69) is 21.2 Å². The van der Waals surface area contributed by atoms with Crippen LogP contribution in [0.3, 0.4) is 0 Å². The fraction of sp³-hybridized carbons (Fsp3) is 0.364. The Bertz CT molecular complexity index is 466. The Morgan fingerprint density at radius 2 is 2.11 bits per heavy atom. The summed E-state index contributed by atoms with van der Waals surface area (Å²) in [7, 11) is 0. The summed E-state index contributed by atoms with van der Waals surface area (Å²) in [5, 5.41) is 2.48. The van der Waals surface area contributed by atoms with Gasteiger partial charge >= 0.3 is 6.18 Å². The molecule has 0 unspecified atom stereocenters. The molecule has 1 fully saturated rings. The van der Waals surface area contributed by atoms with Crippen LogP contribution in [0, 0.1) is 0 Å². The number of carbonyl (C=O) groups is 1. The van der Waals surface area contributed by atoms with Crippen LogP contribution in [0.25, 0.3) is 0 Å². The van der Waals surface area contributed by atoms with E-state index < -0.39 is 17.8 Å². The van der Waals surface area contributed by atoms with Gasteiger partial charge in [0, 0.05) is 11.0 Å². The van der Waals surface area contributed by atoms with Crippen molar-refractivity contribution in [3.05, 3.63) is 33.8 Å². The number of amides is 1. The van der Waals surface area contributed by atoms with Gasteiger partial charge in [0.2, 0.25) is 5.91 Å². The second kappa shape index (κ2) is 4.89. The second-order valence-corrected chi connectivity index (χ2v) is 4.75. The molecule has 0 aromatic heterocycles. The highest BCUT2D eigenvalue weighted by atomic mass is 79.9. The summed E-state index contributed by atoms with van der Waals surface area (Å²) >= 11 is 3.01. The quantitative estimate of drug-likeness (QED) is 0.862. The molecular formula is C11H9BrF3NO2. The SMILES string of the molecule is O=C1CO[C@H](c2ccc(Br)cc2C(F)(F)F)CN1. The van der Waals surface area contributed by atoms with Gasteiger partial charge in [0.05, 0.1) is 5.56 Å². The highest BCUT2D eigenvalue weighted by Gasteiger charge is 2.36. The number of rotatable bonds is 1. The Balaban J connectivity index is 2.35. The number of alkyl halides is 3. The molecule has 0 saturated carbocycles. The minimum atomic E-state index is -4.45. The summed E-state index contributed by atoms with van der Waals surface area (Å²) in [4.78, 5) is 10.9. The lowest BCUT2D eigenvalue weighted by Gasteiger charge is -2.26. The predicted molar refractivity (Wildman–Crippen MR) is 60.8 cm³/mol. The molecule has 1 atom stereocenters. The molecule has 1 saturated heterocycles. The minimum Gasteiger partial charge on any atom is -0.362 e. The van der Waals surface area contributed by atoms with E-state index in [1.807, 2.05) is 0 Å². The molecule has 7 heteroatoms.